The number of benzene rings is 1. The van der Waals surface area contributed by atoms with E-state index >= 15 is 0 Å². The Labute approximate surface area is 105 Å². The summed E-state index contributed by atoms with van der Waals surface area (Å²) < 4.78 is 5.97. The molecule has 0 spiro atoms. The number of halogens is 1. The summed E-state index contributed by atoms with van der Waals surface area (Å²) in [5.41, 5.74) is 0.503. The van der Waals surface area contributed by atoms with E-state index in [-0.39, 0.29) is 18.2 Å². The van der Waals surface area contributed by atoms with Gasteiger partial charge in [0.25, 0.3) is 5.89 Å². The van der Waals surface area contributed by atoms with Crippen LogP contribution in [0.2, 0.25) is 0 Å². The molecule has 2 aromatic rings. The predicted octanol–water partition coefficient (Wildman–Crippen LogP) is 1.58. The quantitative estimate of drug-likeness (QED) is 0.835. The molecular formula is C10H9IN2O3. The third-order valence-corrected chi connectivity index (χ3v) is 2.66. The van der Waals surface area contributed by atoms with Crippen molar-refractivity contribution in [3.05, 3.63) is 27.6 Å². The van der Waals surface area contributed by atoms with Gasteiger partial charge < -0.3 is 14.7 Å². The zero-order valence-corrected chi connectivity index (χ0v) is 10.4. The van der Waals surface area contributed by atoms with Crippen molar-refractivity contribution in [1.82, 2.24) is 10.1 Å². The molecule has 0 bridgehead atoms. The number of phenols is 1. The molecule has 0 unspecified atom stereocenters. The minimum absolute atomic E-state index is 0.0305. The minimum Gasteiger partial charge on any atom is -0.507 e. The predicted molar refractivity (Wildman–Crippen MR) is 64.9 cm³/mol. The lowest BCUT2D eigenvalue weighted by atomic mass is 10.2. The van der Waals surface area contributed by atoms with Gasteiger partial charge in [0.2, 0.25) is 0 Å². The van der Waals surface area contributed by atoms with Crippen LogP contribution in [0.1, 0.15) is 5.82 Å². The molecule has 0 saturated heterocycles. The first-order valence-corrected chi connectivity index (χ1v) is 5.71. The average molecular weight is 332 g/mol. The maximum atomic E-state index is 9.65. The normalized spacial score (nSPS) is 10.6. The Morgan fingerprint density at radius 2 is 2.19 bits per heavy atom. The van der Waals surface area contributed by atoms with E-state index in [0.29, 0.717) is 17.8 Å². The summed E-state index contributed by atoms with van der Waals surface area (Å²) in [5.74, 6) is 0.787. The summed E-state index contributed by atoms with van der Waals surface area (Å²) in [7, 11) is 0. The van der Waals surface area contributed by atoms with Crippen molar-refractivity contribution in [2.45, 2.75) is 6.42 Å². The average Bonchev–Trinajstić information content (AvgIpc) is 2.71. The molecule has 2 rings (SSSR count). The number of aromatic hydroxyl groups is 1. The summed E-state index contributed by atoms with van der Waals surface area (Å²) >= 11 is 2.13. The molecule has 1 aromatic carbocycles. The largest absolute Gasteiger partial charge is 0.507 e. The zero-order chi connectivity index (χ0) is 11.5. The third-order valence-electron chi connectivity index (χ3n) is 1.99. The first kappa shape index (κ1) is 11.3. The Kier molecular flexibility index (Phi) is 3.39. The van der Waals surface area contributed by atoms with Crippen LogP contribution in [-0.4, -0.2) is 27.0 Å². The maximum Gasteiger partial charge on any atom is 0.261 e. The highest BCUT2D eigenvalue weighted by atomic mass is 127. The minimum atomic E-state index is -0.0305. The molecule has 6 heteroatoms. The van der Waals surface area contributed by atoms with E-state index in [1.54, 1.807) is 18.2 Å². The Morgan fingerprint density at radius 3 is 2.94 bits per heavy atom. The van der Waals surface area contributed by atoms with Gasteiger partial charge >= 0.3 is 0 Å². The van der Waals surface area contributed by atoms with E-state index in [1.165, 1.54) is 0 Å². The van der Waals surface area contributed by atoms with Crippen LogP contribution in [0.4, 0.5) is 0 Å². The standard InChI is InChI=1S/C10H9IN2O3/c11-6-1-2-8(15)7(5-6)10-12-9(3-4-14)13-16-10/h1-2,5,14-15H,3-4H2. The molecule has 16 heavy (non-hydrogen) atoms. The van der Waals surface area contributed by atoms with Crippen LogP contribution in [0.5, 0.6) is 5.75 Å². The maximum absolute atomic E-state index is 9.65. The van der Waals surface area contributed by atoms with Gasteiger partial charge in [-0.25, -0.2) is 0 Å². The van der Waals surface area contributed by atoms with Gasteiger partial charge in [0.15, 0.2) is 5.82 Å². The summed E-state index contributed by atoms with van der Waals surface area (Å²) in [6, 6.07) is 5.11. The SMILES string of the molecule is OCCc1noc(-c2cc(I)ccc2O)n1. The summed E-state index contributed by atoms with van der Waals surface area (Å²) in [5, 5.41) is 22.1. The summed E-state index contributed by atoms with van der Waals surface area (Å²) in [6.45, 7) is -0.0305. The van der Waals surface area contributed by atoms with Crippen molar-refractivity contribution in [2.24, 2.45) is 0 Å². The molecule has 0 aliphatic rings. The van der Waals surface area contributed by atoms with Gasteiger partial charge in [0, 0.05) is 9.99 Å². The number of aliphatic hydroxyl groups excluding tert-OH is 1. The molecule has 0 radical (unpaired) electrons. The van der Waals surface area contributed by atoms with Crippen molar-refractivity contribution in [1.29, 1.82) is 0 Å². The molecule has 0 aliphatic heterocycles. The Balaban J connectivity index is 2.38. The first-order valence-electron chi connectivity index (χ1n) is 4.63. The lowest BCUT2D eigenvalue weighted by molar-refractivity contribution is 0.293. The third kappa shape index (κ3) is 2.33. The molecule has 2 N–H and O–H groups in total. The molecule has 1 heterocycles. The van der Waals surface area contributed by atoms with Crippen LogP contribution in [0, 0.1) is 3.57 Å². The molecule has 0 aliphatic carbocycles. The number of aromatic nitrogens is 2. The Hall–Kier alpha value is -1.15. The lowest BCUT2D eigenvalue weighted by Gasteiger charge is -1.99. The van der Waals surface area contributed by atoms with Crippen molar-refractivity contribution in [3.63, 3.8) is 0 Å². The van der Waals surface area contributed by atoms with E-state index in [9.17, 15) is 5.11 Å². The van der Waals surface area contributed by atoms with E-state index in [4.69, 9.17) is 9.63 Å². The second kappa shape index (κ2) is 4.79. The number of nitrogens with zero attached hydrogens (tertiary/aromatic N) is 2. The van der Waals surface area contributed by atoms with E-state index in [1.807, 2.05) is 0 Å². The van der Waals surface area contributed by atoms with Crippen molar-refractivity contribution < 1.29 is 14.7 Å². The van der Waals surface area contributed by atoms with Crippen molar-refractivity contribution in [3.8, 4) is 17.2 Å². The van der Waals surface area contributed by atoms with Crippen LogP contribution in [0.3, 0.4) is 0 Å². The fraction of sp³-hybridized carbons (Fsp3) is 0.200. The number of aliphatic hydroxyl groups is 1. The highest BCUT2D eigenvalue weighted by Crippen LogP contribution is 2.29. The highest BCUT2D eigenvalue weighted by Gasteiger charge is 2.12. The molecule has 0 saturated carbocycles. The van der Waals surface area contributed by atoms with E-state index in [2.05, 4.69) is 32.7 Å². The zero-order valence-electron chi connectivity index (χ0n) is 8.22. The Bertz CT molecular complexity index is 499. The van der Waals surface area contributed by atoms with Crippen LogP contribution < -0.4 is 0 Å². The monoisotopic (exact) mass is 332 g/mol. The van der Waals surface area contributed by atoms with Crippen molar-refractivity contribution >= 4 is 22.6 Å². The topological polar surface area (TPSA) is 79.4 Å². The summed E-state index contributed by atoms with van der Waals surface area (Å²) in [6.07, 6.45) is 0.341. The van der Waals surface area contributed by atoms with Crippen LogP contribution in [-0.2, 0) is 6.42 Å². The Morgan fingerprint density at radius 1 is 1.38 bits per heavy atom. The second-order valence-corrected chi connectivity index (χ2v) is 4.40. The number of hydrogen-bond donors (Lipinski definition) is 2. The lowest BCUT2D eigenvalue weighted by Crippen LogP contribution is -1.92. The van der Waals surface area contributed by atoms with Gasteiger partial charge in [-0.2, -0.15) is 4.98 Å². The molecule has 0 fully saturated rings. The number of phenolic OH excluding ortho intramolecular Hbond substituents is 1. The van der Waals surface area contributed by atoms with Crippen LogP contribution in [0.15, 0.2) is 22.7 Å². The number of rotatable bonds is 3. The van der Waals surface area contributed by atoms with E-state index in [0.717, 1.165) is 3.57 Å². The second-order valence-electron chi connectivity index (χ2n) is 3.15. The van der Waals surface area contributed by atoms with Gasteiger partial charge in [0.05, 0.1) is 12.2 Å². The first-order chi connectivity index (χ1) is 7.70. The van der Waals surface area contributed by atoms with Gasteiger partial charge in [-0.15, -0.1) is 0 Å². The molecule has 1 aromatic heterocycles. The van der Waals surface area contributed by atoms with Gasteiger partial charge in [0.1, 0.15) is 5.75 Å². The van der Waals surface area contributed by atoms with E-state index < -0.39 is 0 Å². The van der Waals surface area contributed by atoms with Gasteiger partial charge in [-0.3, -0.25) is 0 Å². The smallest absolute Gasteiger partial charge is 0.261 e. The molecule has 5 nitrogen and oxygen atoms in total. The van der Waals surface area contributed by atoms with Gasteiger partial charge in [-0.1, -0.05) is 5.16 Å². The summed E-state index contributed by atoms with van der Waals surface area (Å²) in [4.78, 5) is 4.07. The molecular weight excluding hydrogens is 323 g/mol. The van der Waals surface area contributed by atoms with Crippen LogP contribution >= 0.6 is 22.6 Å². The molecule has 0 atom stereocenters. The number of hydrogen-bond acceptors (Lipinski definition) is 5. The van der Waals surface area contributed by atoms with Crippen LogP contribution in [0.25, 0.3) is 11.5 Å². The van der Waals surface area contributed by atoms with Crippen molar-refractivity contribution in [2.75, 3.05) is 6.61 Å². The highest BCUT2D eigenvalue weighted by molar-refractivity contribution is 14.1. The fourth-order valence-corrected chi connectivity index (χ4v) is 1.74. The molecule has 0 amide bonds. The van der Waals surface area contributed by atoms with Gasteiger partial charge in [-0.05, 0) is 40.8 Å². The fourth-order valence-electron chi connectivity index (χ4n) is 1.24. The molecule has 84 valence electrons.